The Morgan fingerprint density at radius 1 is 1.25 bits per heavy atom. The standard InChI is InChI=1S/C6H9NS/c1-2-3-4-5-6-7-8/h2-6,8H,1H3/b3-2-,5-4-,7-6+. The maximum absolute atomic E-state index is 3.62. The van der Waals surface area contributed by atoms with E-state index in [9.17, 15) is 0 Å². The molecule has 0 unspecified atom stereocenters. The topological polar surface area (TPSA) is 12.4 Å². The smallest absolute Gasteiger partial charge is 0.0348 e. The van der Waals surface area contributed by atoms with Crippen LogP contribution in [0.25, 0.3) is 0 Å². The van der Waals surface area contributed by atoms with Crippen LogP contribution in [-0.2, 0) is 0 Å². The third-order valence-corrected chi connectivity index (χ3v) is 0.701. The van der Waals surface area contributed by atoms with Crippen molar-refractivity contribution >= 4 is 19.0 Å². The summed E-state index contributed by atoms with van der Waals surface area (Å²) in [6, 6.07) is 0. The van der Waals surface area contributed by atoms with Crippen molar-refractivity contribution in [3.8, 4) is 0 Å². The molecule has 0 aliphatic carbocycles. The highest BCUT2D eigenvalue weighted by Crippen LogP contribution is 1.74. The van der Waals surface area contributed by atoms with Crippen molar-refractivity contribution in [1.29, 1.82) is 0 Å². The van der Waals surface area contributed by atoms with Gasteiger partial charge in [0, 0.05) is 6.21 Å². The Morgan fingerprint density at radius 2 is 2.00 bits per heavy atom. The number of hydrogen-bond donors (Lipinski definition) is 1. The summed E-state index contributed by atoms with van der Waals surface area (Å²) in [6.45, 7) is 1.96. The van der Waals surface area contributed by atoms with Crippen molar-refractivity contribution in [1.82, 2.24) is 0 Å². The molecule has 0 N–H and O–H groups in total. The van der Waals surface area contributed by atoms with Crippen LogP contribution in [0, 0.1) is 0 Å². The van der Waals surface area contributed by atoms with Crippen molar-refractivity contribution in [3.05, 3.63) is 24.3 Å². The first kappa shape index (κ1) is 7.50. The van der Waals surface area contributed by atoms with Gasteiger partial charge in [-0.2, -0.15) is 0 Å². The summed E-state index contributed by atoms with van der Waals surface area (Å²) in [4.78, 5) is 0. The maximum atomic E-state index is 3.62. The average Bonchev–Trinajstić information content (AvgIpc) is 1.81. The second-order valence-electron chi connectivity index (χ2n) is 1.18. The van der Waals surface area contributed by atoms with E-state index in [1.54, 1.807) is 6.21 Å². The van der Waals surface area contributed by atoms with E-state index < -0.39 is 0 Å². The van der Waals surface area contributed by atoms with Gasteiger partial charge in [0.15, 0.2) is 0 Å². The monoisotopic (exact) mass is 127 g/mol. The maximum Gasteiger partial charge on any atom is 0.0348 e. The highest BCUT2D eigenvalue weighted by atomic mass is 32.1. The van der Waals surface area contributed by atoms with Crippen LogP contribution in [0.15, 0.2) is 28.7 Å². The van der Waals surface area contributed by atoms with Crippen molar-refractivity contribution < 1.29 is 0 Å². The Morgan fingerprint density at radius 3 is 2.50 bits per heavy atom. The lowest BCUT2D eigenvalue weighted by Gasteiger charge is -1.67. The molecule has 0 atom stereocenters. The fraction of sp³-hybridized carbons (Fsp3) is 0.167. The van der Waals surface area contributed by atoms with Crippen LogP contribution in [0.3, 0.4) is 0 Å². The van der Waals surface area contributed by atoms with E-state index in [0.717, 1.165) is 0 Å². The quantitative estimate of drug-likeness (QED) is 0.331. The van der Waals surface area contributed by atoms with Gasteiger partial charge in [-0.15, -0.1) is 0 Å². The van der Waals surface area contributed by atoms with Gasteiger partial charge in [0.05, 0.1) is 0 Å². The minimum absolute atomic E-state index is 1.61. The van der Waals surface area contributed by atoms with Crippen LogP contribution in [0.5, 0.6) is 0 Å². The van der Waals surface area contributed by atoms with Gasteiger partial charge in [-0.3, -0.25) is 0 Å². The van der Waals surface area contributed by atoms with Gasteiger partial charge >= 0.3 is 0 Å². The minimum atomic E-state index is 1.61. The van der Waals surface area contributed by atoms with Crippen LogP contribution in [-0.4, -0.2) is 6.21 Å². The summed E-state index contributed by atoms with van der Waals surface area (Å²) in [5.74, 6) is 0. The zero-order valence-corrected chi connectivity index (χ0v) is 5.68. The number of nitrogens with zero attached hydrogens (tertiary/aromatic N) is 1. The molecule has 0 aromatic heterocycles. The first-order chi connectivity index (χ1) is 3.91. The molecule has 0 spiro atoms. The van der Waals surface area contributed by atoms with Crippen LogP contribution in [0.2, 0.25) is 0 Å². The Balaban J connectivity index is 3.35. The van der Waals surface area contributed by atoms with Gasteiger partial charge in [-0.05, 0) is 25.8 Å². The summed E-state index contributed by atoms with van der Waals surface area (Å²) < 4.78 is 3.46. The Labute approximate surface area is 55.4 Å². The summed E-state index contributed by atoms with van der Waals surface area (Å²) in [5, 5.41) is 0. The molecule has 0 radical (unpaired) electrons. The molecule has 8 heavy (non-hydrogen) atoms. The van der Waals surface area contributed by atoms with E-state index in [1.807, 2.05) is 31.2 Å². The van der Waals surface area contributed by atoms with E-state index in [1.165, 1.54) is 0 Å². The lowest BCUT2D eigenvalue weighted by molar-refractivity contribution is 1.74. The molecule has 2 heteroatoms. The van der Waals surface area contributed by atoms with Gasteiger partial charge in [0.25, 0.3) is 0 Å². The van der Waals surface area contributed by atoms with Crippen molar-refractivity contribution in [2.24, 2.45) is 4.40 Å². The largest absolute Gasteiger partial charge is 0.228 e. The van der Waals surface area contributed by atoms with Gasteiger partial charge in [0.2, 0.25) is 0 Å². The fourth-order valence-electron chi connectivity index (χ4n) is 0.263. The molecule has 0 aromatic rings. The summed E-state index contributed by atoms with van der Waals surface area (Å²) in [5.41, 5.74) is 0. The molecular weight excluding hydrogens is 118 g/mol. The zero-order valence-electron chi connectivity index (χ0n) is 4.78. The predicted molar refractivity (Wildman–Crippen MR) is 41.4 cm³/mol. The van der Waals surface area contributed by atoms with E-state index in [2.05, 4.69) is 17.2 Å². The molecular formula is C6H9NS. The first-order valence-corrected chi connectivity index (χ1v) is 2.77. The van der Waals surface area contributed by atoms with E-state index >= 15 is 0 Å². The van der Waals surface area contributed by atoms with Gasteiger partial charge in [-0.1, -0.05) is 18.2 Å². The molecule has 0 bridgehead atoms. The molecule has 0 aromatic carbocycles. The normalized spacial score (nSPS) is 12.8. The van der Waals surface area contributed by atoms with E-state index in [0.29, 0.717) is 0 Å². The molecule has 0 saturated carbocycles. The summed E-state index contributed by atoms with van der Waals surface area (Å²) >= 11 is 3.62. The van der Waals surface area contributed by atoms with Crippen molar-refractivity contribution in [2.75, 3.05) is 0 Å². The third-order valence-electron chi connectivity index (χ3n) is 0.567. The predicted octanol–water partition coefficient (Wildman–Crippen LogP) is 2.03. The van der Waals surface area contributed by atoms with Gasteiger partial charge < -0.3 is 0 Å². The Hall–Kier alpha value is -0.500. The van der Waals surface area contributed by atoms with Crippen molar-refractivity contribution in [3.63, 3.8) is 0 Å². The van der Waals surface area contributed by atoms with Gasteiger partial charge in [0.1, 0.15) is 0 Å². The second-order valence-corrected chi connectivity index (χ2v) is 1.41. The minimum Gasteiger partial charge on any atom is -0.228 e. The molecule has 1 nitrogen and oxygen atoms in total. The average molecular weight is 127 g/mol. The molecule has 0 saturated heterocycles. The molecule has 0 fully saturated rings. The second kappa shape index (κ2) is 6.50. The molecule has 0 aliphatic rings. The highest BCUT2D eigenvalue weighted by Gasteiger charge is 1.56. The number of hydrogen-bond acceptors (Lipinski definition) is 2. The molecule has 0 amide bonds. The summed E-state index contributed by atoms with van der Waals surface area (Å²) in [6.07, 6.45) is 9.19. The number of allylic oxidation sites excluding steroid dienone is 4. The first-order valence-electron chi connectivity index (χ1n) is 2.37. The van der Waals surface area contributed by atoms with Gasteiger partial charge in [-0.25, -0.2) is 4.40 Å². The van der Waals surface area contributed by atoms with E-state index in [-0.39, 0.29) is 0 Å². The molecule has 0 rings (SSSR count). The van der Waals surface area contributed by atoms with Crippen LogP contribution < -0.4 is 0 Å². The number of rotatable bonds is 2. The van der Waals surface area contributed by atoms with Crippen LogP contribution in [0.4, 0.5) is 0 Å². The van der Waals surface area contributed by atoms with Crippen LogP contribution in [0.1, 0.15) is 6.92 Å². The Bertz CT molecular complexity index is 99.7. The Kier molecular flexibility index (Phi) is 6.09. The number of thiol groups is 1. The highest BCUT2D eigenvalue weighted by molar-refractivity contribution is 7.78. The van der Waals surface area contributed by atoms with E-state index in [4.69, 9.17) is 0 Å². The lowest BCUT2D eigenvalue weighted by Crippen LogP contribution is -1.54. The molecule has 44 valence electrons. The fourth-order valence-corrected chi connectivity index (χ4v) is 0.340. The molecule has 0 aliphatic heterocycles. The van der Waals surface area contributed by atoms with Crippen molar-refractivity contribution in [2.45, 2.75) is 6.92 Å². The third kappa shape index (κ3) is 5.50. The zero-order chi connectivity index (χ0) is 6.24. The summed E-state index contributed by atoms with van der Waals surface area (Å²) in [7, 11) is 0. The SMILES string of the molecule is C\C=C/C=C\C=N\S. The molecule has 0 heterocycles. The van der Waals surface area contributed by atoms with Crippen LogP contribution >= 0.6 is 12.8 Å². The lowest BCUT2D eigenvalue weighted by atomic mass is 10.4.